The van der Waals surface area contributed by atoms with E-state index in [2.05, 4.69) is 0 Å². The number of rotatable bonds is 1. The Hall–Kier alpha value is -2.04. The van der Waals surface area contributed by atoms with Crippen LogP contribution in [0.4, 0.5) is 5.69 Å². The number of carbonyl (C=O) groups is 2. The SMILES string of the molecule is O=C1Cc2cc([N+](=O)[O-])ccc2C1=O. The smallest absolute Gasteiger partial charge is 0.269 e. The Morgan fingerprint density at radius 1 is 1.29 bits per heavy atom. The van der Waals surface area contributed by atoms with Gasteiger partial charge in [-0.15, -0.1) is 0 Å². The quantitative estimate of drug-likeness (QED) is 0.375. The first-order chi connectivity index (χ1) is 6.59. The molecule has 2 rings (SSSR count). The van der Waals surface area contributed by atoms with E-state index in [0.717, 1.165) is 0 Å². The van der Waals surface area contributed by atoms with E-state index in [-0.39, 0.29) is 12.1 Å². The summed E-state index contributed by atoms with van der Waals surface area (Å²) >= 11 is 0. The minimum Gasteiger partial charge on any atom is -0.290 e. The van der Waals surface area contributed by atoms with E-state index in [1.54, 1.807) is 0 Å². The lowest BCUT2D eigenvalue weighted by molar-refractivity contribution is -0.384. The lowest BCUT2D eigenvalue weighted by atomic mass is 10.1. The average molecular weight is 191 g/mol. The van der Waals surface area contributed by atoms with Crippen LogP contribution >= 0.6 is 0 Å². The van der Waals surface area contributed by atoms with Crippen molar-refractivity contribution in [2.24, 2.45) is 0 Å². The monoisotopic (exact) mass is 191 g/mol. The fourth-order valence-electron chi connectivity index (χ4n) is 1.46. The molecule has 5 nitrogen and oxygen atoms in total. The number of benzene rings is 1. The fourth-order valence-corrected chi connectivity index (χ4v) is 1.46. The Balaban J connectivity index is 2.55. The molecule has 1 aliphatic rings. The number of hydrogen-bond donors (Lipinski definition) is 0. The molecular formula is C9H5NO4. The van der Waals surface area contributed by atoms with Gasteiger partial charge in [-0.05, 0) is 11.6 Å². The molecule has 1 aromatic rings. The molecular weight excluding hydrogens is 186 g/mol. The van der Waals surface area contributed by atoms with Gasteiger partial charge in [0.15, 0.2) is 0 Å². The molecule has 1 aromatic carbocycles. The highest BCUT2D eigenvalue weighted by Crippen LogP contribution is 2.24. The zero-order valence-corrected chi connectivity index (χ0v) is 7.02. The number of nitro benzene ring substituents is 1. The minimum absolute atomic E-state index is 0.0180. The second-order valence-electron chi connectivity index (χ2n) is 3.03. The highest BCUT2D eigenvalue weighted by Gasteiger charge is 2.29. The number of Topliss-reactive ketones (excluding diaryl/α,β-unsaturated/α-hetero) is 2. The van der Waals surface area contributed by atoms with Crippen LogP contribution < -0.4 is 0 Å². The summed E-state index contributed by atoms with van der Waals surface area (Å²) in [5.74, 6) is -1.05. The average Bonchev–Trinajstić information content (AvgIpc) is 2.42. The van der Waals surface area contributed by atoms with Crippen LogP contribution in [0.25, 0.3) is 0 Å². The van der Waals surface area contributed by atoms with Crippen molar-refractivity contribution in [3.63, 3.8) is 0 Å². The Bertz CT molecular complexity index is 464. The van der Waals surface area contributed by atoms with Crippen LogP contribution in [0.1, 0.15) is 15.9 Å². The third-order valence-corrected chi connectivity index (χ3v) is 2.15. The minimum atomic E-state index is -0.548. The van der Waals surface area contributed by atoms with Gasteiger partial charge in [0.1, 0.15) is 0 Å². The van der Waals surface area contributed by atoms with Gasteiger partial charge in [0.05, 0.1) is 4.92 Å². The van der Waals surface area contributed by atoms with E-state index < -0.39 is 16.5 Å². The van der Waals surface area contributed by atoms with Gasteiger partial charge in [0.2, 0.25) is 11.6 Å². The van der Waals surface area contributed by atoms with Crippen LogP contribution in [0, 0.1) is 10.1 Å². The largest absolute Gasteiger partial charge is 0.290 e. The first-order valence-corrected chi connectivity index (χ1v) is 3.94. The molecule has 0 saturated heterocycles. The number of hydrogen-bond acceptors (Lipinski definition) is 4. The first kappa shape index (κ1) is 8.55. The van der Waals surface area contributed by atoms with Crippen molar-refractivity contribution in [2.45, 2.75) is 6.42 Å². The van der Waals surface area contributed by atoms with E-state index in [4.69, 9.17) is 0 Å². The number of nitrogens with zero attached hydrogens (tertiary/aromatic N) is 1. The summed E-state index contributed by atoms with van der Waals surface area (Å²) in [5, 5.41) is 10.4. The summed E-state index contributed by atoms with van der Waals surface area (Å²) in [6.07, 6.45) is -0.0180. The molecule has 70 valence electrons. The van der Waals surface area contributed by atoms with Gasteiger partial charge in [-0.25, -0.2) is 0 Å². The molecule has 0 heterocycles. The van der Waals surface area contributed by atoms with Gasteiger partial charge in [0, 0.05) is 24.1 Å². The number of nitro groups is 1. The lowest BCUT2D eigenvalue weighted by Crippen LogP contribution is -2.05. The number of ketones is 2. The highest BCUT2D eigenvalue weighted by molar-refractivity contribution is 6.47. The zero-order chi connectivity index (χ0) is 10.3. The summed E-state index contributed by atoms with van der Waals surface area (Å²) in [5.41, 5.74) is 0.654. The fraction of sp³-hybridized carbons (Fsp3) is 0.111. The van der Waals surface area contributed by atoms with Gasteiger partial charge in [0.25, 0.3) is 5.69 Å². The standard InChI is InChI=1S/C9H5NO4/c11-8-4-5-3-6(10(13)14)1-2-7(5)9(8)12/h1-3H,4H2. The van der Waals surface area contributed by atoms with Crippen molar-refractivity contribution >= 4 is 17.3 Å². The second-order valence-corrected chi connectivity index (χ2v) is 3.03. The molecule has 0 fully saturated rings. The number of fused-ring (bicyclic) bond motifs is 1. The molecule has 5 heteroatoms. The first-order valence-electron chi connectivity index (χ1n) is 3.94. The van der Waals surface area contributed by atoms with Crippen LogP contribution in [0.5, 0.6) is 0 Å². The lowest BCUT2D eigenvalue weighted by Gasteiger charge is -1.95. The molecule has 0 atom stereocenters. The van der Waals surface area contributed by atoms with Crippen molar-refractivity contribution in [2.75, 3.05) is 0 Å². The van der Waals surface area contributed by atoms with Gasteiger partial charge in [-0.3, -0.25) is 19.7 Å². The molecule has 0 unspecified atom stereocenters. The Labute approximate surface area is 78.5 Å². The molecule has 0 saturated carbocycles. The van der Waals surface area contributed by atoms with E-state index in [0.29, 0.717) is 11.1 Å². The van der Waals surface area contributed by atoms with Crippen molar-refractivity contribution in [3.05, 3.63) is 39.4 Å². The predicted octanol–water partition coefficient (Wildman–Crippen LogP) is 0.903. The molecule has 0 N–H and O–H groups in total. The summed E-state index contributed by atoms with van der Waals surface area (Å²) in [6.45, 7) is 0. The summed E-state index contributed by atoms with van der Waals surface area (Å²) in [7, 11) is 0. The topological polar surface area (TPSA) is 77.3 Å². The summed E-state index contributed by atoms with van der Waals surface area (Å²) < 4.78 is 0. The summed E-state index contributed by atoms with van der Waals surface area (Å²) in [6, 6.07) is 3.84. The maximum atomic E-state index is 11.2. The normalized spacial score (nSPS) is 14.3. The van der Waals surface area contributed by atoms with Crippen LogP contribution in [-0.4, -0.2) is 16.5 Å². The van der Waals surface area contributed by atoms with E-state index in [9.17, 15) is 19.7 Å². The number of non-ortho nitro benzene ring substituents is 1. The van der Waals surface area contributed by atoms with Crippen LogP contribution in [0.3, 0.4) is 0 Å². The van der Waals surface area contributed by atoms with Gasteiger partial charge in [-0.1, -0.05) is 0 Å². The zero-order valence-electron chi connectivity index (χ0n) is 7.02. The van der Waals surface area contributed by atoms with Crippen molar-refractivity contribution < 1.29 is 14.5 Å². The Kier molecular flexibility index (Phi) is 1.67. The molecule has 1 aliphatic carbocycles. The van der Waals surface area contributed by atoms with E-state index >= 15 is 0 Å². The molecule has 0 spiro atoms. The predicted molar refractivity (Wildman–Crippen MR) is 46.1 cm³/mol. The van der Waals surface area contributed by atoms with Crippen molar-refractivity contribution in [3.8, 4) is 0 Å². The third-order valence-electron chi connectivity index (χ3n) is 2.15. The maximum Gasteiger partial charge on any atom is 0.269 e. The highest BCUT2D eigenvalue weighted by atomic mass is 16.6. The maximum absolute atomic E-state index is 11.2. The van der Waals surface area contributed by atoms with Crippen LogP contribution in [0.2, 0.25) is 0 Å². The van der Waals surface area contributed by atoms with Gasteiger partial charge >= 0.3 is 0 Å². The molecule has 0 bridgehead atoms. The van der Waals surface area contributed by atoms with Crippen molar-refractivity contribution in [1.29, 1.82) is 0 Å². The summed E-state index contributed by atoms with van der Waals surface area (Å²) in [4.78, 5) is 32.0. The van der Waals surface area contributed by atoms with Crippen LogP contribution in [-0.2, 0) is 11.2 Å². The molecule has 0 amide bonds. The van der Waals surface area contributed by atoms with Gasteiger partial charge < -0.3 is 0 Å². The number of carbonyl (C=O) groups excluding carboxylic acids is 2. The molecule has 0 aromatic heterocycles. The van der Waals surface area contributed by atoms with E-state index in [1.165, 1.54) is 18.2 Å². The molecule has 14 heavy (non-hydrogen) atoms. The van der Waals surface area contributed by atoms with Crippen LogP contribution in [0.15, 0.2) is 18.2 Å². The molecule has 0 radical (unpaired) electrons. The Morgan fingerprint density at radius 3 is 2.64 bits per heavy atom. The second kappa shape index (κ2) is 2.73. The van der Waals surface area contributed by atoms with E-state index in [1.807, 2.05) is 0 Å². The Morgan fingerprint density at radius 2 is 2.00 bits per heavy atom. The van der Waals surface area contributed by atoms with Gasteiger partial charge in [-0.2, -0.15) is 0 Å². The van der Waals surface area contributed by atoms with Crippen molar-refractivity contribution in [1.82, 2.24) is 0 Å². The third kappa shape index (κ3) is 1.10. The molecule has 0 aliphatic heterocycles.